The summed E-state index contributed by atoms with van der Waals surface area (Å²) < 4.78 is 0. The van der Waals surface area contributed by atoms with Crippen molar-refractivity contribution in [3.8, 4) is 0 Å². The smallest absolute Gasteiger partial charge is 0.338 e. The number of carbonyl (C=O) groups is 2. The maximum atomic E-state index is 11.8. The summed E-state index contributed by atoms with van der Waals surface area (Å²) in [4.78, 5) is 25.2. The molecule has 1 aliphatic rings. The molecule has 2 heterocycles. The molecule has 0 saturated carbocycles. The second-order valence-corrected chi connectivity index (χ2v) is 5.51. The van der Waals surface area contributed by atoms with E-state index in [4.69, 9.17) is 10.2 Å². The first-order valence-corrected chi connectivity index (χ1v) is 6.29. The first kappa shape index (κ1) is 12.8. The Labute approximate surface area is 108 Å². The zero-order valence-corrected chi connectivity index (χ0v) is 10.9. The molecule has 7 heteroatoms. The molecule has 98 valence electrons. The molecule has 0 radical (unpaired) electrons. The topological polar surface area (TPSA) is 89.9 Å². The normalized spacial score (nSPS) is 15.4. The van der Waals surface area contributed by atoms with Crippen LogP contribution in [0, 0.1) is 13.8 Å². The fourth-order valence-corrected chi connectivity index (χ4v) is 2.81. The van der Waals surface area contributed by atoms with E-state index in [-0.39, 0.29) is 24.7 Å². The summed E-state index contributed by atoms with van der Waals surface area (Å²) in [6, 6.07) is -0.371. The number of aliphatic hydroxyl groups excluding tert-OH is 1. The van der Waals surface area contributed by atoms with Gasteiger partial charge in [-0.15, -0.1) is 11.3 Å². The lowest BCUT2D eigenvalue weighted by molar-refractivity contribution is 0.0309. The minimum atomic E-state index is -1.05. The van der Waals surface area contributed by atoms with Crippen molar-refractivity contribution in [1.82, 2.24) is 4.90 Å². The van der Waals surface area contributed by atoms with Gasteiger partial charge >= 0.3 is 12.0 Å². The molecule has 0 bridgehead atoms. The molecule has 6 nitrogen and oxygen atoms in total. The first-order valence-electron chi connectivity index (χ1n) is 5.47. The Morgan fingerprint density at radius 3 is 2.50 bits per heavy atom. The minimum absolute atomic E-state index is 0.145. The molecule has 1 aromatic rings. The number of aromatic carboxylic acids is 1. The highest BCUT2D eigenvalue weighted by Gasteiger charge is 2.30. The van der Waals surface area contributed by atoms with Gasteiger partial charge in [0.2, 0.25) is 0 Å². The van der Waals surface area contributed by atoms with Crippen LogP contribution in [0.4, 0.5) is 9.80 Å². The molecule has 0 spiro atoms. The van der Waals surface area contributed by atoms with Gasteiger partial charge < -0.3 is 15.1 Å². The van der Waals surface area contributed by atoms with E-state index >= 15 is 0 Å². The molecule has 18 heavy (non-hydrogen) atoms. The van der Waals surface area contributed by atoms with E-state index in [9.17, 15) is 9.59 Å². The van der Waals surface area contributed by atoms with E-state index in [0.29, 0.717) is 10.6 Å². The zero-order valence-electron chi connectivity index (χ0n) is 10.1. The third-order valence-corrected chi connectivity index (χ3v) is 4.09. The number of aryl methyl sites for hydroxylation is 1. The zero-order chi connectivity index (χ0) is 13.4. The van der Waals surface area contributed by atoms with Crippen molar-refractivity contribution in [3.63, 3.8) is 0 Å². The van der Waals surface area contributed by atoms with Crippen LogP contribution in [-0.4, -0.2) is 46.3 Å². The summed E-state index contributed by atoms with van der Waals surface area (Å²) in [5.41, 5.74) is 0.818. The van der Waals surface area contributed by atoms with Gasteiger partial charge in [0.05, 0.1) is 24.8 Å². The van der Waals surface area contributed by atoms with E-state index in [1.165, 1.54) is 16.2 Å². The highest BCUT2D eigenvalue weighted by Crippen LogP contribution is 2.32. The molecule has 0 unspecified atom stereocenters. The molecule has 1 aromatic heterocycles. The molecule has 0 aromatic carbocycles. The van der Waals surface area contributed by atoms with Crippen molar-refractivity contribution in [3.05, 3.63) is 16.0 Å². The largest absolute Gasteiger partial charge is 0.478 e. The number of likely N-dealkylation sites (tertiary alicyclic amines) is 1. The maximum Gasteiger partial charge on any atom is 0.338 e. The number of nitrogens with one attached hydrogen (secondary N) is 1. The quantitative estimate of drug-likeness (QED) is 0.755. The van der Waals surface area contributed by atoms with Crippen LogP contribution in [-0.2, 0) is 0 Å². The summed E-state index contributed by atoms with van der Waals surface area (Å²) in [5.74, 6) is -1.05. The molecule has 1 fully saturated rings. The fraction of sp³-hybridized carbons (Fsp3) is 0.455. The third-order valence-electron chi connectivity index (χ3n) is 2.97. The predicted octanol–water partition coefficient (Wildman–Crippen LogP) is 1.27. The van der Waals surface area contributed by atoms with Crippen LogP contribution in [0.3, 0.4) is 0 Å². The highest BCUT2D eigenvalue weighted by molar-refractivity contribution is 7.16. The van der Waals surface area contributed by atoms with Crippen molar-refractivity contribution in [2.45, 2.75) is 20.0 Å². The number of hydrogen-bond acceptors (Lipinski definition) is 4. The van der Waals surface area contributed by atoms with Crippen LogP contribution < -0.4 is 5.32 Å². The molecular weight excluding hydrogens is 256 g/mol. The van der Waals surface area contributed by atoms with E-state index in [0.717, 1.165) is 4.88 Å². The number of β-amino-alcohol motifs (C(OH)–C–C–N with tert-alkyl or cyclic N) is 1. The van der Waals surface area contributed by atoms with Crippen LogP contribution in [0.2, 0.25) is 0 Å². The highest BCUT2D eigenvalue weighted by atomic mass is 32.1. The SMILES string of the molecule is Cc1sc(NC(=O)N2CC(O)C2)c(C(=O)O)c1C. The van der Waals surface area contributed by atoms with Gasteiger partial charge in [0.25, 0.3) is 0 Å². The molecule has 0 atom stereocenters. The lowest BCUT2D eigenvalue weighted by atomic mass is 10.1. The molecule has 1 aliphatic heterocycles. The van der Waals surface area contributed by atoms with Crippen LogP contribution in [0.5, 0.6) is 0 Å². The summed E-state index contributed by atoms with van der Waals surface area (Å²) in [6.45, 7) is 4.11. The standard InChI is InChI=1S/C11H14N2O4S/c1-5-6(2)18-9(8(5)10(15)16)12-11(17)13-3-7(14)4-13/h7,14H,3-4H2,1-2H3,(H,12,17)(H,15,16). The van der Waals surface area contributed by atoms with Crippen LogP contribution in [0.25, 0.3) is 0 Å². The van der Waals surface area contributed by atoms with Gasteiger partial charge in [0, 0.05) is 4.88 Å². The van der Waals surface area contributed by atoms with E-state index in [1.807, 2.05) is 6.92 Å². The summed E-state index contributed by atoms with van der Waals surface area (Å²) in [5, 5.41) is 21.2. The average Bonchev–Trinajstić information content (AvgIpc) is 2.49. The number of carboxylic acid groups (broad SMARTS) is 1. The van der Waals surface area contributed by atoms with Gasteiger partial charge in [0.1, 0.15) is 5.00 Å². The lowest BCUT2D eigenvalue weighted by Crippen LogP contribution is -2.54. The molecule has 1 saturated heterocycles. The van der Waals surface area contributed by atoms with E-state index in [1.54, 1.807) is 6.92 Å². The number of carbonyl (C=O) groups excluding carboxylic acids is 1. The Balaban J connectivity index is 2.16. The second kappa shape index (κ2) is 4.58. The van der Waals surface area contributed by atoms with Gasteiger partial charge in [-0.3, -0.25) is 5.32 Å². The van der Waals surface area contributed by atoms with Crippen molar-refractivity contribution >= 4 is 28.3 Å². The number of aliphatic hydroxyl groups is 1. The third kappa shape index (κ3) is 2.19. The number of urea groups is 1. The van der Waals surface area contributed by atoms with Crippen molar-refractivity contribution in [2.24, 2.45) is 0 Å². The Kier molecular flexibility index (Phi) is 3.27. The van der Waals surface area contributed by atoms with Crippen molar-refractivity contribution < 1.29 is 19.8 Å². The molecule has 2 amide bonds. The summed E-state index contributed by atoms with van der Waals surface area (Å²) in [6.07, 6.45) is -0.471. The minimum Gasteiger partial charge on any atom is -0.478 e. The monoisotopic (exact) mass is 270 g/mol. The van der Waals surface area contributed by atoms with Crippen LogP contribution in [0.15, 0.2) is 0 Å². The Morgan fingerprint density at radius 2 is 2.00 bits per heavy atom. The first-order chi connectivity index (χ1) is 8.40. The molecule has 3 N–H and O–H groups in total. The second-order valence-electron chi connectivity index (χ2n) is 4.28. The Bertz CT molecular complexity index is 505. The number of hydrogen-bond donors (Lipinski definition) is 3. The van der Waals surface area contributed by atoms with Crippen LogP contribution in [0.1, 0.15) is 20.8 Å². The Morgan fingerprint density at radius 1 is 1.39 bits per heavy atom. The fourth-order valence-electron chi connectivity index (χ4n) is 1.77. The van der Waals surface area contributed by atoms with E-state index in [2.05, 4.69) is 5.32 Å². The maximum absolute atomic E-state index is 11.8. The number of rotatable bonds is 2. The lowest BCUT2D eigenvalue weighted by Gasteiger charge is -2.35. The van der Waals surface area contributed by atoms with E-state index < -0.39 is 12.1 Å². The number of thiophene rings is 1. The summed E-state index contributed by atoms with van der Waals surface area (Å²) in [7, 11) is 0. The number of amides is 2. The van der Waals surface area contributed by atoms with Gasteiger partial charge in [-0.1, -0.05) is 0 Å². The van der Waals surface area contributed by atoms with Crippen molar-refractivity contribution in [1.29, 1.82) is 0 Å². The molecule has 0 aliphatic carbocycles. The number of carboxylic acids is 1. The Hall–Kier alpha value is -1.60. The van der Waals surface area contributed by atoms with Gasteiger partial charge in [-0.25, -0.2) is 9.59 Å². The van der Waals surface area contributed by atoms with Gasteiger partial charge in [-0.05, 0) is 19.4 Å². The average molecular weight is 270 g/mol. The number of anilines is 1. The molecular formula is C11H14N2O4S. The van der Waals surface area contributed by atoms with Gasteiger partial charge in [-0.2, -0.15) is 0 Å². The number of nitrogens with zero attached hydrogens (tertiary/aromatic N) is 1. The predicted molar refractivity (Wildman–Crippen MR) is 67.4 cm³/mol. The molecule has 2 rings (SSSR count). The van der Waals surface area contributed by atoms with Crippen molar-refractivity contribution in [2.75, 3.05) is 18.4 Å². The van der Waals surface area contributed by atoms with Gasteiger partial charge in [0.15, 0.2) is 0 Å². The summed E-state index contributed by atoms with van der Waals surface area (Å²) >= 11 is 1.25. The van der Waals surface area contributed by atoms with Crippen LogP contribution >= 0.6 is 11.3 Å².